The number of hydrogen-bond donors (Lipinski definition) is 1. The fraction of sp³-hybridized carbons (Fsp3) is 0.314. The van der Waals surface area contributed by atoms with Gasteiger partial charge in [-0.1, -0.05) is 11.2 Å². The van der Waals surface area contributed by atoms with Crippen molar-refractivity contribution in [1.29, 1.82) is 5.26 Å². The van der Waals surface area contributed by atoms with Gasteiger partial charge < -0.3 is 31.6 Å². The van der Waals surface area contributed by atoms with Gasteiger partial charge in [-0.3, -0.25) is 19.1 Å². The second kappa shape index (κ2) is 14.5. The number of amides is 2. The summed E-state index contributed by atoms with van der Waals surface area (Å²) in [4.78, 5) is 43.5. The molecule has 3 aromatic heterocycles. The first-order valence-corrected chi connectivity index (χ1v) is 16.1. The van der Waals surface area contributed by atoms with Crippen LogP contribution in [0.3, 0.4) is 0 Å². The standard InChI is InChI=1S/C35H34F3N9O4.ClH/c1-22-18-26(42-51-22)21-47(4)16-14-44(15-17-47)33(49)23(2)41-32(48)30-31(29-12-13-40-45(29)27-10-8-24(20-39)9-11-27)43(3)46(34(30)50)28-7-5-6-25(19-28)35(36,37)38;/h5-13,18-19,23H,14-17,21H2,1-4H3;1H/t23-;/m0./s1. The van der Waals surface area contributed by atoms with Crippen LogP contribution in [0.15, 0.2) is 76.2 Å². The highest BCUT2D eigenvalue weighted by atomic mass is 35.5. The molecule has 0 radical (unpaired) electrons. The summed E-state index contributed by atoms with van der Waals surface area (Å²) in [5, 5.41) is 20.4. The van der Waals surface area contributed by atoms with Crippen LogP contribution in [0.2, 0.25) is 0 Å². The Morgan fingerprint density at radius 2 is 1.77 bits per heavy atom. The number of hydrogen-bond acceptors (Lipinski definition) is 7. The minimum absolute atomic E-state index is 0. The number of carbonyl (C=O) groups is 2. The second-order valence-electron chi connectivity index (χ2n) is 12.9. The van der Waals surface area contributed by atoms with Gasteiger partial charge in [0.05, 0.1) is 73.7 Å². The molecule has 1 aliphatic heterocycles. The molecule has 2 amide bonds. The van der Waals surface area contributed by atoms with Crippen LogP contribution in [-0.4, -0.2) is 84.8 Å². The third-order valence-electron chi connectivity index (χ3n) is 9.11. The van der Waals surface area contributed by atoms with Crippen molar-refractivity contribution >= 4 is 11.8 Å². The lowest BCUT2D eigenvalue weighted by molar-refractivity contribution is -0.926. The maximum absolute atomic E-state index is 14.1. The average molecular weight is 738 g/mol. The molecular weight excluding hydrogens is 703 g/mol. The molecule has 52 heavy (non-hydrogen) atoms. The number of nitriles is 1. The van der Waals surface area contributed by atoms with E-state index in [0.717, 1.165) is 28.3 Å². The average Bonchev–Trinajstić information content (AvgIpc) is 3.81. The molecule has 1 fully saturated rings. The number of carbonyl (C=O) groups excluding carboxylic acids is 2. The first-order valence-electron chi connectivity index (χ1n) is 16.1. The molecule has 17 heteroatoms. The molecule has 272 valence electrons. The van der Waals surface area contributed by atoms with Crippen molar-refractivity contribution in [2.75, 3.05) is 33.2 Å². The van der Waals surface area contributed by atoms with Gasteiger partial charge in [0.15, 0.2) is 0 Å². The normalized spacial score (nSPS) is 14.7. The molecule has 0 bridgehead atoms. The molecule has 1 atom stereocenters. The van der Waals surface area contributed by atoms with E-state index in [1.165, 1.54) is 41.7 Å². The van der Waals surface area contributed by atoms with E-state index in [2.05, 4.69) is 22.6 Å². The van der Waals surface area contributed by atoms with Crippen molar-refractivity contribution in [1.82, 2.24) is 34.5 Å². The van der Waals surface area contributed by atoms with Gasteiger partial charge in [0.1, 0.15) is 35.3 Å². The Labute approximate surface area is 302 Å². The van der Waals surface area contributed by atoms with E-state index >= 15 is 0 Å². The molecule has 6 rings (SSSR count). The van der Waals surface area contributed by atoms with E-state index in [1.54, 1.807) is 35.2 Å². The molecule has 13 nitrogen and oxygen atoms in total. The highest BCUT2D eigenvalue weighted by molar-refractivity contribution is 6.02. The molecule has 0 saturated carbocycles. The first-order chi connectivity index (χ1) is 24.2. The maximum Gasteiger partial charge on any atom is 0.416 e. The van der Waals surface area contributed by atoms with Crippen LogP contribution in [0.5, 0.6) is 0 Å². The zero-order valence-electron chi connectivity index (χ0n) is 28.7. The zero-order chi connectivity index (χ0) is 36.7. The highest BCUT2D eigenvalue weighted by Gasteiger charge is 2.36. The predicted molar refractivity (Wildman–Crippen MR) is 178 cm³/mol. The van der Waals surface area contributed by atoms with Gasteiger partial charge >= 0.3 is 6.18 Å². The summed E-state index contributed by atoms with van der Waals surface area (Å²) in [5.74, 6) is -0.508. The van der Waals surface area contributed by atoms with E-state index in [0.29, 0.717) is 48.5 Å². The Hall–Kier alpha value is -5.66. The number of halogens is 4. The number of likely N-dealkylation sites (N-methyl/N-ethyl adjacent to an activating group) is 1. The lowest BCUT2D eigenvalue weighted by Crippen LogP contribution is -3.00. The SMILES string of the molecule is Cc1cc(C[N+]2(C)CCN(C(=O)[C@H](C)NC(=O)c3c(-c4ccnn4-c4ccc(C#N)cc4)n(C)n(-c4cccc(C(F)(F)F)c4)c3=O)CC2)no1.[Cl-]. The van der Waals surface area contributed by atoms with Crippen molar-refractivity contribution in [2.45, 2.75) is 32.6 Å². The van der Waals surface area contributed by atoms with Gasteiger partial charge in [0, 0.05) is 13.1 Å². The fourth-order valence-corrected chi connectivity index (χ4v) is 6.39. The topological polar surface area (TPSA) is 144 Å². The monoisotopic (exact) mass is 737 g/mol. The molecule has 0 aliphatic carbocycles. The molecule has 2 aromatic carbocycles. The number of nitrogens with zero attached hydrogens (tertiary/aromatic N) is 8. The Morgan fingerprint density at radius 1 is 1.08 bits per heavy atom. The highest BCUT2D eigenvalue weighted by Crippen LogP contribution is 2.31. The molecule has 5 aromatic rings. The van der Waals surface area contributed by atoms with Crippen LogP contribution in [-0.2, 0) is 24.6 Å². The predicted octanol–water partition coefficient (Wildman–Crippen LogP) is 0.827. The lowest BCUT2D eigenvalue weighted by Gasteiger charge is -2.42. The number of aryl methyl sites for hydroxylation is 1. The summed E-state index contributed by atoms with van der Waals surface area (Å²) in [6.45, 7) is 6.12. The summed E-state index contributed by atoms with van der Waals surface area (Å²) in [7, 11) is 3.52. The van der Waals surface area contributed by atoms with Crippen molar-refractivity contribution < 1.29 is 44.2 Å². The summed E-state index contributed by atoms with van der Waals surface area (Å²) in [5.41, 5.74) is -0.354. The number of quaternary nitrogens is 1. The summed E-state index contributed by atoms with van der Waals surface area (Å²) in [6.07, 6.45) is -3.24. The van der Waals surface area contributed by atoms with Crippen LogP contribution < -0.4 is 23.3 Å². The van der Waals surface area contributed by atoms with Crippen molar-refractivity contribution in [3.05, 3.63) is 105 Å². The number of nitrogens with one attached hydrogen (secondary N) is 1. The van der Waals surface area contributed by atoms with Crippen molar-refractivity contribution in [3.63, 3.8) is 0 Å². The minimum Gasteiger partial charge on any atom is -1.00 e. The molecule has 1 N–H and O–H groups in total. The Balaban J connectivity index is 0.00000523. The van der Waals surface area contributed by atoms with E-state index in [1.807, 2.05) is 19.1 Å². The van der Waals surface area contributed by atoms with Crippen molar-refractivity contribution in [3.8, 4) is 28.8 Å². The number of alkyl halides is 3. The minimum atomic E-state index is -4.68. The van der Waals surface area contributed by atoms with Crippen LogP contribution in [0.25, 0.3) is 22.8 Å². The number of piperazine rings is 1. The van der Waals surface area contributed by atoms with Gasteiger partial charge in [0.2, 0.25) is 5.91 Å². The van der Waals surface area contributed by atoms with Gasteiger partial charge in [-0.15, -0.1) is 0 Å². The van der Waals surface area contributed by atoms with Crippen LogP contribution in [0.4, 0.5) is 13.2 Å². The number of rotatable bonds is 8. The third kappa shape index (κ3) is 7.37. The van der Waals surface area contributed by atoms with E-state index in [9.17, 15) is 32.8 Å². The van der Waals surface area contributed by atoms with E-state index in [4.69, 9.17) is 4.52 Å². The van der Waals surface area contributed by atoms with Gasteiger partial charge in [-0.05, 0) is 62.4 Å². The van der Waals surface area contributed by atoms with Crippen LogP contribution >= 0.6 is 0 Å². The molecule has 1 aliphatic rings. The Bertz CT molecular complexity index is 2200. The Morgan fingerprint density at radius 3 is 2.38 bits per heavy atom. The first kappa shape index (κ1) is 37.6. The second-order valence-corrected chi connectivity index (χ2v) is 12.9. The largest absolute Gasteiger partial charge is 1.00 e. The van der Waals surface area contributed by atoms with Gasteiger partial charge in [0.25, 0.3) is 11.5 Å². The Kier molecular flexibility index (Phi) is 10.5. The summed E-state index contributed by atoms with van der Waals surface area (Å²) >= 11 is 0. The number of aromatic nitrogens is 5. The van der Waals surface area contributed by atoms with Gasteiger partial charge in [-0.2, -0.15) is 23.5 Å². The molecule has 0 unspecified atom stereocenters. The zero-order valence-corrected chi connectivity index (χ0v) is 29.4. The smallest absolute Gasteiger partial charge is 0.416 e. The molecule has 1 saturated heterocycles. The number of benzene rings is 2. The van der Waals surface area contributed by atoms with E-state index < -0.39 is 34.8 Å². The van der Waals surface area contributed by atoms with Crippen LogP contribution in [0, 0.1) is 18.3 Å². The summed E-state index contributed by atoms with van der Waals surface area (Å²) < 4.78 is 50.6. The summed E-state index contributed by atoms with van der Waals surface area (Å²) in [6, 6.07) is 15.1. The molecular formula is C35H35ClF3N9O4. The molecule has 4 heterocycles. The van der Waals surface area contributed by atoms with E-state index in [-0.39, 0.29) is 35.4 Å². The third-order valence-corrected chi connectivity index (χ3v) is 9.11. The van der Waals surface area contributed by atoms with Crippen LogP contribution in [0.1, 0.15) is 39.9 Å². The quantitative estimate of drug-likeness (QED) is 0.233. The van der Waals surface area contributed by atoms with Crippen molar-refractivity contribution in [2.24, 2.45) is 7.05 Å². The fourth-order valence-electron chi connectivity index (χ4n) is 6.39. The van der Waals surface area contributed by atoms with Gasteiger partial charge in [-0.25, -0.2) is 9.36 Å². The maximum atomic E-state index is 14.1. The molecule has 0 spiro atoms. The lowest BCUT2D eigenvalue weighted by atomic mass is 10.1.